The molecule has 1 aromatic rings. The van der Waals surface area contributed by atoms with Crippen LogP contribution in [-0.4, -0.2) is 21.0 Å². The van der Waals surface area contributed by atoms with E-state index in [0.29, 0.717) is 5.82 Å². The van der Waals surface area contributed by atoms with Crippen molar-refractivity contribution in [3.63, 3.8) is 0 Å². The zero-order valence-corrected chi connectivity index (χ0v) is 7.67. The monoisotopic (exact) mass is 201 g/mol. The van der Waals surface area contributed by atoms with Crippen LogP contribution in [0.4, 0.5) is 5.82 Å². The molecule has 1 heterocycles. The van der Waals surface area contributed by atoms with E-state index in [2.05, 4.69) is 9.97 Å². The van der Waals surface area contributed by atoms with E-state index in [9.17, 15) is 4.79 Å². The summed E-state index contributed by atoms with van der Waals surface area (Å²) in [6, 6.07) is 0. The molecule has 0 aliphatic heterocycles. The number of hydrogen-bond donors (Lipinski definition) is 2. The molecule has 3 N–H and O–H groups in total. The van der Waals surface area contributed by atoms with E-state index in [4.69, 9.17) is 22.4 Å². The molecule has 0 aromatic carbocycles. The summed E-state index contributed by atoms with van der Waals surface area (Å²) >= 11 is 5.68. The number of aliphatic carboxylic acids is 1. The number of hydrogen-bond acceptors (Lipinski definition) is 4. The fourth-order valence-corrected chi connectivity index (χ4v) is 1.18. The van der Waals surface area contributed by atoms with Crippen LogP contribution in [0.2, 0.25) is 5.15 Å². The maximum Gasteiger partial charge on any atom is 0.308 e. The van der Waals surface area contributed by atoms with Gasteiger partial charge in [0.1, 0.15) is 16.8 Å². The van der Waals surface area contributed by atoms with Crippen LogP contribution in [0.5, 0.6) is 0 Å². The van der Waals surface area contributed by atoms with Gasteiger partial charge in [0.2, 0.25) is 0 Å². The van der Waals surface area contributed by atoms with E-state index >= 15 is 0 Å². The molecule has 1 rings (SSSR count). The number of carbonyl (C=O) groups is 1. The van der Waals surface area contributed by atoms with E-state index in [1.54, 1.807) is 6.92 Å². The molecule has 0 saturated heterocycles. The predicted molar refractivity (Wildman–Crippen MR) is 47.5 cm³/mol. The van der Waals surface area contributed by atoms with Crippen molar-refractivity contribution in [3.8, 4) is 0 Å². The summed E-state index contributed by atoms with van der Waals surface area (Å²) in [7, 11) is 0. The standard InChI is InChI=1S/C7H8ClN3O2/c1-3-10-6(8)4(2-5(12)13)7(9)11-3/h2H2,1H3,(H,12,13)(H2,9,10,11). The lowest BCUT2D eigenvalue weighted by Crippen LogP contribution is -2.08. The minimum Gasteiger partial charge on any atom is -0.481 e. The van der Waals surface area contributed by atoms with Crippen LogP contribution in [0.1, 0.15) is 11.4 Å². The van der Waals surface area contributed by atoms with Gasteiger partial charge in [0.25, 0.3) is 0 Å². The molecule has 0 atom stereocenters. The first-order chi connectivity index (χ1) is 6.00. The van der Waals surface area contributed by atoms with Crippen molar-refractivity contribution < 1.29 is 9.90 Å². The molecule has 0 amide bonds. The second kappa shape index (κ2) is 3.57. The fourth-order valence-electron chi connectivity index (χ4n) is 0.897. The van der Waals surface area contributed by atoms with Gasteiger partial charge in [-0.3, -0.25) is 4.79 Å². The molecule has 0 fully saturated rings. The van der Waals surface area contributed by atoms with E-state index in [0.717, 1.165) is 0 Å². The van der Waals surface area contributed by atoms with Crippen molar-refractivity contribution in [2.75, 3.05) is 5.73 Å². The molecule has 0 radical (unpaired) electrons. The van der Waals surface area contributed by atoms with Crippen LogP contribution in [0.3, 0.4) is 0 Å². The smallest absolute Gasteiger partial charge is 0.308 e. The second-order valence-corrected chi connectivity index (χ2v) is 2.85. The van der Waals surface area contributed by atoms with Crippen LogP contribution in [0, 0.1) is 6.92 Å². The normalized spacial score (nSPS) is 10.0. The largest absolute Gasteiger partial charge is 0.481 e. The Balaban J connectivity index is 3.13. The lowest BCUT2D eigenvalue weighted by molar-refractivity contribution is -0.136. The van der Waals surface area contributed by atoms with Crippen LogP contribution in [0.25, 0.3) is 0 Å². The highest BCUT2D eigenvalue weighted by molar-refractivity contribution is 6.30. The van der Waals surface area contributed by atoms with Gasteiger partial charge in [0.15, 0.2) is 0 Å². The Labute approximate surface area is 79.6 Å². The SMILES string of the molecule is Cc1nc(N)c(CC(=O)O)c(Cl)n1. The summed E-state index contributed by atoms with van der Waals surface area (Å²) in [6.45, 7) is 1.63. The number of aryl methyl sites for hydroxylation is 1. The average Bonchev–Trinajstić information content (AvgIpc) is 1.96. The van der Waals surface area contributed by atoms with Gasteiger partial charge in [0.05, 0.1) is 6.42 Å². The number of anilines is 1. The third kappa shape index (κ3) is 2.29. The van der Waals surface area contributed by atoms with Gasteiger partial charge in [-0.05, 0) is 6.92 Å². The minimum absolute atomic E-state index is 0.104. The Bertz CT molecular complexity index is 331. The lowest BCUT2D eigenvalue weighted by Gasteiger charge is -2.04. The van der Waals surface area contributed by atoms with E-state index in [1.807, 2.05) is 0 Å². The summed E-state index contributed by atoms with van der Waals surface area (Å²) in [5.41, 5.74) is 5.74. The van der Waals surface area contributed by atoms with Crippen LogP contribution < -0.4 is 5.73 Å². The summed E-state index contributed by atoms with van der Waals surface area (Å²) in [6.07, 6.45) is -0.259. The lowest BCUT2D eigenvalue weighted by atomic mass is 10.2. The number of nitrogens with zero attached hydrogens (tertiary/aromatic N) is 2. The number of carboxylic acids is 1. The van der Waals surface area contributed by atoms with Gasteiger partial charge < -0.3 is 10.8 Å². The van der Waals surface area contributed by atoms with Crippen molar-refractivity contribution >= 4 is 23.4 Å². The van der Waals surface area contributed by atoms with E-state index < -0.39 is 5.97 Å². The molecule has 5 nitrogen and oxygen atoms in total. The van der Waals surface area contributed by atoms with Crippen LogP contribution in [-0.2, 0) is 11.2 Å². The molecular formula is C7H8ClN3O2. The quantitative estimate of drug-likeness (QED) is 0.686. The molecule has 70 valence electrons. The minimum atomic E-state index is -1.01. The molecule has 0 spiro atoms. The van der Waals surface area contributed by atoms with Gasteiger partial charge in [-0.15, -0.1) is 0 Å². The van der Waals surface area contributed by atoms with Crippen molar-refractivity contribution in [2.45, 2.75) is 13.3 Å². The number of rotatable bonds is 2. The Kier molecular flexibility index (Phi) is 2.67. The summed E-state index contributed by atoms with van der Waals surface area (Å²) in [5.74, 6) is -0.461. The number of aromatic nitrogens is 2. The molecule has 0 aliphatic carbocycles. The zero-order chi connectivity index (χ0) is 10.0. The molecule has 0 saturated carbocycles. The molecule has 6 heteroatoms. The van der Waals surface area contributed by atoms with Crippen molar-refractivity contribution in [1.82, 2.24) is 9.97 Å². The Hall–Kier alpha value is -1.36. The van der Waals surface area contributed by atoms with Gasteiger partial charge in [0, 0.05) is 5.56 Å². The van der Waals surface area contributed by atoms with E-state index in [1.165, 1.54) is 0 Å². The number of carboxylic acid groups (broad SMARTS) is 1. The van der Waals surface area contributed by atoms with Gasteiger partial charge >= 0.3 is 5.97 Å². The van der Waals surface area contributed by atoms with Crippen molar-refractivity contribution in [3.05, 3.63) is 16.5 Å². The fraction of sp³-hybridized carbons (Fsp3) is 0.286. The predicted octanol–water partition coefficient (Wildman–Crippen LogP) is 0.648. The third-order valence-electron chi connectivity index (χ3n) is 1.43. The molecular weight excluding hydrogens is 194 g/mol. The average molecular weight is 202 g/mol. The van der Waals surface area contributed by atoms with Gasteiger partial charge in [-0.1, -0.05) is 11.6 Å². The molecule has 0 unspecified atom stereocenters. The maximum absolute atomic E-state index is 10.4. The Morgan fingerprint density at radius 3 is 2.69 bits per heavy atom. The highest BCUT2D eigenvalue weighted by Gasteiger charge is 2.12. The topological polar surface area (TPSA) is 89.1 Å². The summed E-state index contributed by atoms with van der Waals surface area (Å²) in [5, 5.41) is 8.62. The highest BCUT2D eigenvalue weighted by Crippen LogP contribution is 2.18. The van der Waals surface area contributed by atoms with E-state index in [-0.39, 0.29) is 23.0 Å². The molecule has 0 bridgehead atoms. The zero-order valence-electron chi connectivity index (χ0n) is 6.91. The van der Waals surface area contributed by atoms with Gasteiger partial charge in [-0.2, -0.15) is 0 Å². The molecule has 0 aliphatic rings. The first-order valence-electron chi connectivity index (χ1n) is 3.51. The number of halogens is 1. The molecule has 13 heavy (non-hydrogen) atoms. The highest BCUT2D eigenvalue weighted by atomic mass is 35.5. The Morgan fingerprint density at radius 2 is 2.23 bits per heavy atom. The van der Waals surface area contributed by atoms with Crippen molar-refractivity contribution in [2.24, 2.45) is 0 Å². The van der Waals surface area contributed by atoms with Crippen molar-refractivity contribution in [1.29, 1.82) is 0 Å². The Morgan fingerprint density at radius 1 is 1.62 bits per heavy atom. The van der Waals surface area contributed by atoms with Crippen LogP contribution in [0.15, 0.2) is 0 Å². The maximum atomic E-state index is 10.4. The number of nitrogen functional groups attached to an aromatic ring is 1. The first kappa shape index (κ1) is 9.73. The van der Waals surface area contributed by atoms with Crippen LogP contribution >= 0.6 is 11.6 Å². The second-order valence-electron chi connectivity index (χ2n) is 2.50. The summed E-state index contributed by atoms with van der Waals surface area (Å²) in [4.78, 5) is 18.0. The summed E-state index contributed by atoms with van der Waals surface area (Å²) < 4.78 is 0. The van der Waals surface area contributed by atoms with Gasteiger partial charge in [-0.25, -0.2) is 9.97 Å². The number of nitrogens with two attached hydrogens (primary N) is 1. The third-order valence-corrected chi connectivity index (χ3v) is 1.74. The first-order valence-corrected chi connectivity index (χ1v) is 3.88. The molecule has 1 aromatic heterocycles.